The molecule has 162 valence electrons. The van der Waals surface area contributed by atoms with Crippen LogP contribution in [-0.4, -0.2) is 36.4 Å². The molecule has 1 aromatic heterocycles. The Kier molecular flexibility index (Phi) is 9.74. The van der Waals surface area contributed by atoms with Gasteiger partial charge in [-0.05, 0) is 30.0 Å². The van der Waals surface area contributed by atoms with Crippen LogP contribution in [0.2, 0.25) is 0 Å². The van der Waals surface area contributed by atoms with Gasteiger partial charge >= 0.3 is 6.18 Å². The monoisotopic (exact) mass is 525 g/mol. The molecule has 0 amide bonds. The molecule has 0 spiro atoms. The quantitative estimate of drug-likeness (QED) is 0.327. The number of ether oxygens (including phenoxy) is 1. The third-order valence-corrected chi connectivity index (χ3v) is 4.40. The average Bonchev–Trinajstić information content (AvgIpc) is 3.05. The molecule has 2 rings (SSSR count). The summed E-state index contributed by atoms with van der Waals surface area (Å²) in [6.07, 6.45) is -2.29. The van der Waals surface area contributed by atoms with Crippen LogP contribution in [0.3, 0.4) is 0 Å². The second-order valence-electron chi connectivity index (χ2n) is 6.49. The third-order valence-electron chi connectivity index (χ3n) is 4.40. The summed E-state index contributed by atoms with van der Waals surface area (Å²) in [7, 11) is 4.67. The number of hydrogen-bond acceptors (Lipinski definition) is 3. The lowest BCUT2D eigenvalue weighted by Gasteiger charge is -2.15. The zero-order valence-electron chi connectivity index (χ0n) is 16.9. The molecule has 0 saturated heterocycles. The fourth-order valence-corrected chi connectivity index (χ4v) is 2.81. The van der Waals surface area contributed by atoms with Crippen LogP contribution >= 0.6 is 24.0 Å². The molecule has 0 aliphatic carbocycles. The van der Waals surface area contributed by atoms with E-state index in [1.807, 2.05) is 24.3 Å². The Balaban J connectivity index is 0.00000420. The number of alkyl halides is 3. The van der Waals surface area contributed by atoms with Gasteiger partial charge < -0.3 is 15.4 Å². The number of aliphatic imine (C=N–C) groups is 1. The van der Waals surface area contributed by atoms with Crippen molar-refractivity contribution in [2.75, 3.05) is 20.7 Å². The van der Waals surface area contributed by atoms with Gasteiger partial charge in [-0.15, -0.1) is 24.0 Å². The molecular formula is C19H27F3IN5O. The number of nitrogens with one attached hydrogen (secondary N) is 2. The Morgan fingerprint density at radius 3 is 2.45 bits per heavy atom. The van der Waals surface area contributed by atoms with Gasteiger partial charge in [0, 0.05) is 38.9 Å². The van der Waals surface area contributed by atoms with Gasteiger partial charge in [-0.1, -0.05) is 19.1 Å². The summed E-state index contributed by atoms with van der Waals surface area (Å²) in [4.78, 5) is 4.06. The molecule has 0 saturated carbocycles. The fraction of sp³-hybridized carbons (Fsp3) is 0.474. The van der Waals surface area contributed by atoms with Gasteiger partial charge in [-0.3, -0.25) is 9.67 Å². The van der Waals surface area contributed by atoms with Crippen molar-refractivity contribution in [3.63, 3.8) is 0 Å². The summed E-state index contributed by atoms with van der Waals surface area (Å²) in [6.45, 7) is 2.73. The summed E-state index contributed by atoms with van der Waals surface area (Å²) >= 11 is 0. The van der Waals surface area contributed by atoms with E-state index in [9.17, 15) is 13.2 Å². The molecule has 0 bridgehead atoms. The molecule has 1 unspecified atom stereocenters. The molecule has 0 fully saturated rings. The second kappa shape index (κ2) is 11.3. The molecule has 1 aromatic carbocycles. The molecule has 2 aromatic rings. The van der Waals surface area contributed by atoms with Crippen LogP contribution in [0, 0.1) is 0 Å². The Morgan fingerprint density at radius 1 is 1.24 bits per heavy atom. The zero-order chi connectivity index (χ0) is 20.7. The number of guanidine groups is 1. The Hall–Kier alpha value is -1.98. The van der Waals surface area contributed by atoms with E-state index < -0.39 is 11.9 Å². The van der Waals surface area contributed by atoms with E-state index in [2.05, 4.69) is 27.6 Å². The minimum absolute atomic E-state index is 0. The highest BCUT2D eigenvalue weighted by Gasteiger charge is 2.36. The predicted molar refractivity (Wildman–Crippen MR) is 118 cm³/mol. The van der Waals surface area contributed by atoms with Crippen LogP contribution in [0.15, 0.2) is 35.5 Å². The Morgan fingerprint density at radius 2 is 1.90 bits per heavy atom. The molecule has 1 heterocycles. The third kappa shape index (κ3) is 7.41. The standard InChI is InChI=1S/C19H26F3N5O.HI/c1-13(14-5-7-16(28-4)8-6-14)9-10-24-18(23-2)25-11-15-12-27(3)26-17(15)19(20,21)22;/h5-8,12-13H,9-11H2,1-4H3,(H2,23,24,25);1H. The van der Waals surface area contributed by atoms with E-state index in [0.717, 1.165) is 16.9 Å². The van der Waals surface area contributed by atoms with E-state index in [1.54, 1.807) is 14.2 Å². The second-order valence-corrected chi connectivity index (χ2v) is 6.49. The number of aromatic nitrogens is 2. The molecule has 0 radical (unpaired) electrons. The van der Waals surface area contributed by atoms with Crippen LogP contribution in [0.25, 0.3) is 0 Å². The largest absolute Gasteiger partial charge is 0.497 e. The predicted octanol–water partition coefficient (Wildman–Crippen LogP) is 3.92. The molecule has 29 heavy (non-hydrogen) atoms. The molecule has 6 nitrogen and oxygen atoms in total. The normalized spacial score (nSPS) is 12.9. The summed E-state index contributed by atoms with van der Waals surface area (Å²) in [5.41, 5.74) is 0.381. The lowest BCUT2D eigenvalue weighted by molar-refractivity contribution is -0.142. The van der Waals surface area contributed by atoms with E-state index in [0.29, 0.717) is 18.4 Å². The minimum Gasteiger partial charge on any atom is -0.497 e. The van der Waals surface area contributed by atoms with Gasteiger partial charge in [-0.25, -0.2) is 0 Å². The molecule has 0 aliphatic heterocycles. The molecule has 10 heteroatoms. The number of methoxy groups -OCH3 is 1. The summed E-state index contributed by atoms with van der Waals surface area (Å²) < 4.78 is 45.4. The molecule has 2 N–H and O–H groups in total. The number of hydrogen-bond donors (Lipinski definition) is 2. The number of halogens is 4. The highest BCUT2D eigenvalue weighted by Crippen LogP contribution is 2.30. The van der Waals surface area contributed by atoms with Crippen LogP contribution in [-0.2, 0) is 19.8 Å². The van der Waals surface area contributed by atoms with Crippen molar-refractivity contribution in [2.45, 2.75) is 32.0 Å². The van der Waals surface area contributed by atoms with Crippen LogP contribution in [0.5, 0.6) is 5.75 Å². The Labute approximate surface area is 185 Å². The van der Waals surface area contributed by atoms with E-state index >= 15 is 0 Å². The first-order chi connectivity index (χ1) is 13.2. The van der Waals surface area contributed by atoms with E-state index in [4.69, 9.17) is 4.74 Å². The van der Waals surface area contributed by atoms with Crippen LogP contribution in [0.1, 0.15) is 36.1 Å². The van der Waals surface area contributed by atoms with E-state index in [1.165, 1.54) is 18.8 Å². The van der Waals surface area contributed by atoms with Crippen molar-refractivity contribution in [3.8, 4) is 5.75 Å². The minimum atomic E-state index is -4.48. The van der Waals surface area contributed by atoms with Crippen LogP contribution < -0.4 is 15.4 Å². The summed E-state index contributed by atoms with van der Waals surface area (Å²) in [6, 6.07) is 7.90. The lowest BCUT2D eigenvalue weighted by Crippen LogP contribution is -2.37. The maximum atomic E-state index is 13.0. The van der Waals surface area contributed by atoms with Gasteiger partial charge in [0.1, 0.15) is 5.75 Å². The van der Waals surface area contributed by atoms with Crippen molar-refractivity contribution in [1.82, 2.24) is 20.4 Å². The first kappa shape index (κ1) is 25.1. The highest BCUT2D eigenvalue weighted by molar-refractivity contribution is 14.0. The van der Waals surface area contributed by atoms with Gasteiger partial charge in [0.15, 0.2) is 11.7 Å². The van der Waals surface area contributed by atoms with Crippen LogP contribution in [0.4, 0.5) is 13.2 Å². The first-order valence-corrected chi connectivity index (χ1v) is 8.92. The van der Waals surface area contributed by atoms with Crippen molar-refractivity contribution in [1.29, 1.82) is 0 Å². The van der Waals surface area contributed by atoms with Gasteiger partial charge in [-0.2, -0.15) is 18.3 Å². The van der Waals surface area contributed by atoms with Crippen molar-refractivity contribution >= 4 is 29.9 Å². The first-order valence-electron chi connectivity index (χ1n) is 8.92. The van der Waals surface area contributed by atoms with E-state index in [-0.39, 0.29) is 36.1 Å². The molecular weight excluding hydrogens is 498 g/mol. The summed E-state index contributed by atoms with van der Waals surface area (Å²) in [5.74, 6) is 1.57. The number of rotatable bonds is 7. The molecule has 0 aliphatic rings. The maximum Gasteiger partial charge on any atom is 0.435 e. The number of benzene rings is 1. The van der Waals surface area contributed by atoms with Gasteiger partial charge in [0.05, 0.1) is 7.11 Å². The van der Waals surface area contributed by atoms with Gasteiger partial charge in [0.2, 0.25) is 0 Å². The number of aryl methyl sites for hydroxylation is 1. The van der Waals surface area contributed by atoms with Crippen molar-refractivity contribution in [2.24, 2.45) is 12.0 Å². The van der Waals surface area contributed by atoms with Crippen molar-refractivity contribution in [3.05, 3.63) is 47.3 Å². The summed E-state index contributed by atoms with van der Waals surface area (Å²) in [5, 5.41) is 9.54. The smallest absolute Gasteiger partial charge is 0.435 e. The van der Waals surface area contributed by atoms with Crippen molar-refractivity contribution < 1.29 is 17.9 Å². The zero-order valence-corrected chi connectivity index (χ0v) is 19.2. The Bertz CT molecular complexity index is 790. The highest BCUT2D eigenvalue weighted by atomic mass is 127. The average molecular weight is 525 g/mol. The van der Waals surface area contributed by atoms with Gasteiger partial charge in [0.25, 0.3) is 0 Å². The lowest BCUT2D eigenvalue weighted by atomic mass is 9.98. The SMILES string of the molecule is CN=C(NCCC(C)c1ccc(OC)cc1)NCc1cn(C)nc1C(F)(F)F.I. The fourth-order valence-electron chi connectivity index (χ4n) is 2.81. The topological polar surface area (TPSA) is 63.5 Å². The number of nitrogens with zero attached hydrogens (tertiary/aromatic N) is 3. The maximum absolute atomic E-state index is 13.0. The molecule has 1 atom stereocenters.